The molecule has 6 heteroatoms. The van der Waals surface area contributed by atoms with Crippen LogP contribution in [-0.4, -0.2) is 37.2 Å². The zero-order valence-corrected chi connectivity index (χ0v) is 35.6. The molecule has 6 nitrogen and oxygen atoms in total. The second-order valence-corrected chi connectivity index (χ2v) is 15.7. The van der Waals surface area contributed by atoms with E-state index in [1.165, 1.54) is 154 Å². The third-order valence-electron chi connectivity index (χ3n) is 10.3. The molecule has 0 amide bonds. The number of carbonyl (C=O) groups excluding carboxylic acids is 3. The largest absolute Gasteiger partial charge is 0.462 e. The zero-order valence-electron chi connectivity index (χ0n) is 35.6. The van der Waals surface area contributed by atoms with E-state index >= 15 is 0 Å². The summed E-state index contributed by atoms with van der Waals surface area (Å²) in [4.78, 5) is 37.5. The van der Waals surface area contributed by atoms with Crippen LogP contribution < -0.4 is 0 Å². The minimum absolute atomic E-state index is 0.0684. The highest BCUT2D eigenvalue weighted by Gasteiger charge is 2.19. The molecule has 0 aliphatic rings. The molecule has 0 saturated heterocycles. The minimum Gasteiger partial charge on any atom is -0.462 e. The van der Waals surface area contributed by atoms with Crippen molar-refractivity contribution in [1.29, 1.82) is 0 Å². The molecule has 0 aromatic carbocycles. The SMILES string of the molecule is CCCCCCCC/C=C\CCCCCCCCCC(=O)OCC(COC(=O)CCCCCCCC)OC(=O)CCCCCCCCCCCCCC. The average molecular weight is 749 g/mol. The molecule has 0 aliphatic carbocycles. The molecule has 0 fully saturated rings. The van der Waals surface area contributed by atoms with Gasteiger partial charge in [-0.2, -0.15) is 0 Å². The number of carbonyl (C=O) groups is 3. The second-order valence-electron chi connectivity index (χ2n) is 15.7. The Balaban J connectivity index is 4.21. The molecule has 0 radical (unpaired) electrons. The molecule has 0 rings (SSSR count). The van der Waals surface area contributed by atoms with Crippen LogP contribution >= 0.6 is 0 Å². The van der Waals surface area contributed by atoms with E-state index in [0.29, 0.717) is 19.3 Å². The highest BCUT2D eigenvalue weighted by atomic mass is 16.6. The molecule has 0 aromatic heterocycles. The van der Waals surface area contributed by atoms with E-state index < -0.39 is 6.10 Å². The topological polar surface area (TPSA) is 78.9 Å². The van der Waals surface area contributed by atoms with E-state index in [1.807, 2.05) is 0 Å². The van der Waals surface area contributed by atoms with Crippen LogP contribution in [0.25, 0.3) is 0 Å². The van der Waals surface area contributed by atoms with Crippen molar-refractivity contribution in [2.75, 3.05) is 13.2 Å². The Bertz CT molecular complexity index is 824. The van der Waals surface area contributed by atoms with Gasteiger partial charge in [-0.1, -0.05) is 200 Å². The van der Waals surface area contributed by atoms with Gasteiger partial charge in [-0.15, -0.1) is 0 Å². The molecule has 0 bridgehead atoms. The van der Waals surface area contributed by atoms with Gasteiger partial charge in [0.1, 0.15) is 13.2 Å². The van der Waals surface area contributed by atoms with Crippen molar-refractivity contribution in [3.05, 3.63) is 12.2 Å². The first-order valence-electron chi connectivity index (χ1n) is 23.2. The maximum atomic E-state index is 12.7. The van der Waals surface area contributed by atoms with Crippen LogP contribution in [0.5, 0.6) is 0 Å². The van der Waals surface area contributed by atoms with Gasteiger partial charge in [0.2, 0.25) is 0 Å². The number of allylic oxidation sites excluding steroid dienone is 2. The minimum atomic E-state index is -0.761. The quantitative estimate of drug-likeness (QED) is 0.0268. The van der Waals surface area contributed by atoms with Gasteiger partial charge in [0.25, 0.3) is 0 Å². The summed E-state index contributed by atoms with van der Waals surface area (Å²) in [6.45, 7) is 6.58. The van der Waals surface area contributed by atoms with E-state index in [4.69, 9.17) is 14.2 Å². The Hall–Kier alpha value is -1.85. The van der Waals surface area contributed by atoms with E-state index in [9.17, 15) is 14.4 Å². The molecule has 1 unspecified atom stereocenters. The smallest absolute Gasteiger partial charge is 0.306 e. The van der Waals surface area contributed by atoms with Crippen molar-refractivity contribution in [3.8, 4) is 0 Å². The van der Waals surface area contributed by atoms with E-state index in [2.05, 4.69) is 32.9 Å². The van der Waals surface area contributed by atoms with Crippen LogP contribution in [0.1, 0.15) is 252 Å². The number of unbranched alkanes of at least 4 members (excludes halogenated alkanes) is 29. The molecule has 0 aliphatic heterocycles. The Morgan fingerprint density at radius 1 is 0.358 bits per heavy atom. The lowest BCUT2D eigenvalue weighted by atomic mass is 10.0. The summed E-state index contributed by atoms with van der Waals surface area (Å²) in [7, 11) is 0. The summed E-state index contributed by atoms with van der Waals surface area (Å²) in [5, 5.41) is 0. The third kappa shape index (κ3) is 41.2. The zero-order chi connectivity index (χ0) is 38.7. The van der Waals surface area contributed by atoms with Gasteiger partial charge < -0.3 is 14.2 Å². The monoisotopic (exact) mass is 749 g/mol. The number of hydrogen-bond acceptors (Lipinski definition) is 6. The molecule has 0 aromatic rings. The second kappa shape index (κ2) is 42.9. The van der Waals surface area contributed by atoms with Gasteiger partial charge >= 0.3 is 17.9 Å². The summed E-state index contributed by atoms with van der Waals surface area (Å²) in [6.07, 6.45) is 45.0. The summed E-state index contributed by atoms with van der Waals surface area (Å²) in [5.41, 5.74) is 0. The predicted molar refractivity (Wildman–Crippen MR) is 224 cm³/mol. The Morgan fingerprint density at radius 3 is 0.943 bits per heavy atom. The van der Waals surface area contributed by atoms with Crippen molar-refractivity contribution in [2.45, 2.75) is 258 Å². The van der Waals surface area contributed by atoms with Gasteiger partial charge in [-0.05, 0) is 44.9 Å². The lowest BCUT2D eigenvalue weighted by Crippen LogP contribution is -2.30. The van der Waals surface area contributed by atoms with Crippen LogP contribution in [0.2, 0.25) is 0 Å². The highest BCUT2D eigenvalue weighted by Crippen LogP contribution is 2.15. The van der Waals surface area contributed by atoms with Gasteiger partial charge in [-0.3, -0.25) is 14.4 Å². The Labute approximate surface area is 329 Å². The maximum absolute atomic E-state index is 12.7. The highest BCUT2D eigenvalue weighted by molar-refractivity contribution is 5.71. The van der Waals surface area contributed by atoms with Crippen LogP contribution in [0, 0.1) is 0 Å². The van der Waals surface area contributed by atoms with Crippen molar-refractivity contribution in [2.24, 2.45) is 0 Å². The van der Waals surface area contributed by atoms with Crippen molar-refractivity contribution >= 4 is 17.9 Å². The fourth-order valence-corrected chi connectivity index (χ4v) is 6.73. The van der Waals surface area contributed by atoms with Crippen molar-refractivity contribution in [3.63, 3.8) is 0 Å². The van der Waals surface area contributed by atoms with Crippen molar-refractivity contribution < 1.29 is 28.6 Å². The molecule has 0 spiro atoms. The first-order chi connectivity index (χ1) is 26.0. The van der Waals surface area contributed by atoms with Crippen LogP contribution in [0.3, 0.4) is 0 Å². The lowest BCUT2D eigenvalue weighted by molar-refractivity contribution is -0.167. The molecule has 0 N–H and O–H groups in total. The van der Waals surface area contributed by atoms with Crippen LogP contribution in [0.15, 0.2) is 12.2 Å². The summed E-state index contributed by atoms with van der Waals surface area (Å²) in [5.74, 6) is -0.874. The summed E-state index contributed by atoms with van der Waals surface area (Å²) < 4.78 is 16.6. The third-order valence-corrected chi connectivity index (χ3v) is 10.3. The maximum Gasteiger partial charge on any atom is 0.306 e. The number of esters is 3. The standard InChI is InChI=1S/C47H88O6/c1-4-7-10-13-16-18-20-22-23-24-25-26-28-29-31-34-37-40-46(49)52-43-44(42-51-45(48)39-36-33-15-12-9-6-3)53-47(50)41-38-35-32-30-27-21-19-17-14-11-8-5-2/h22-23,44H,4-21,24-43H2,1-3H3/b23-22-. The molecule has 1 atom stereocenters. The predicted octanol–water partition coefficient (Wildman–Crippen LogP) is 14.6. The fourth-order valence-electron chi connectivity index (χ4n) is 6.73. The number of ether oxygens (including phenoxy) is 3. The lowest BCUT2D eigenvalue weighted by Gasteiger charge is -2.18. The number of hydrogen-bond donors (Lipinski definition) is 0. The average Bonchev–Trinajstić information content (AvgIpc) is 3.15. The normalized spacial score (nSPS) is 12.0. The van der Waals surface area contributed by atoms with Gasteiger partial charge in [0.15, 0.2) is 6.10 Å². The van der Waals surface area contributed by atoms with Gasteiger partial charge in [0.05, 0.1) is 0 Å². The van der Waals surface area contributed by atoms with E-state index in [-0.39, 0.29) is 31.1 Å². The van der Waals surface area contributed by atoms with Crippen LogP contribution in [0.4, 0.5) is 0 Å². The number of rotatable bonds is 42. The molecular formula is C47H88O6. The van der Waals surface area contributed by atoms with Gasteiger partial charge in [-0.25, -0.2) is 0 Å². The Kier molecular flexibility index (Phi) is 41.4. The van der Waals surface area contributed by atoms with Gasteiger partial charge in [0, 0.05) is 19.3 Å². The van der Waals surface area contributed by atoms with E-state index in [0.717, 1.165) is 57.8 Å². The van der Waals surface area contributed by atoms with Crippen molar-refractivity contribution in [1.82, 2.24) is 0 Å². The molecule has 312 valence electrons. The Morgan fingerprint density at radius 2 is 0.623 bits per heavy atom. The molecule has 53 heavy (non-hydrogen) atoms. The first kappa shape index (κ1) is 51.1. The van der Waals surface area contributed by atoms with Crippen LogP contribution in [-0.2, 0) is 28.6 Å². The van der Waals surface area contributed by atoms with E-state index in [1.54, 1.807) is 0 Å². The molecule has 0 heterocycles. The summed E-state index contributed by atoms with van der Waals surface area (Å²) >= 11 is 0. The summed E-state index contributed by atoms with van der Waals surface area (Å²) in [6, 6.07) is 0. The fraction of sp³-hybridized carbons (Fsp3) is 0.894. The first-order valence-corrected chi connectivity index (χ1v) is 23.2. The molecular weight excluding hydrogens is 661 g/mol. The molecule has 0 saturated carbocycles.